The summed E-state index contributed by atoms with van der Waals surface area (Å²) >= 11 is 0. The molecule has 170 valence electrons. The molecular formula is C24H34FN3O3. The van der Waals surface area contributed by atoms with Crippen LogP contribution in [0.1, 0.15) is 82.4 Å². The molecule has 0 amide bonds. The van der Waals surface area contributed by atoms with E-state index in [2.05, 4.69) is 18.9 Å². The lowest BCUT2D eigenvalue weighted by Gasteiger charge is -2.32. The maximum atomic E-state index is 15.2. The van der Waals surface area contributed by atoms with Crippen LogP contribution in [0, 0.1) is 17.7 Å². The van der Waals surface area contributed by atoms with Gasteiger partial charge in [-0.3, -0.25) is 9.36 Å². The molecule has 2 aromatic rings. The van der Waals surface area contributed by atoms with Gasteiger partial charge in [-0.05, 0) is 37.7 Å². The van der Waals surface area contributed by atoms with Gasteiger partial charge in [-0.25, -0.2) is 9.18 Å². The zero-order valence-electron chi connectivity index (χ0n) is 19.3. The minimum absolute atomic E-state index is 0.00944. The van der Waals surface area contributed by atoms with Crippen molar-refractivity contribution in [2.24, 2.45) is 18.9 Å². The second-order valence-corrected chi connectivity index (χ2v) is 8.65. The molecule has 1 heterocycles. The lowest BCUT2D eigenvalue weighted by Crippen LogP contribution is -2.30. The summed E-state index contributed by atoms with van der Waals surface area (Å²) in [7, 11) is 1.62. The summed E-state index contributed by atoms with van der Waals surface area (Å²) in [5.41, 5.74) is -0.168. The highest BCUT2D eigenvalue weighted by Crippen LogP contribution is 2.34. The number of ether oxygens (including phenoxy) is 1. The fraction of sp³-hybridized carbons (Fsp3) is 0.625. The smallest absolute Gasteiger partial charge is 0.350 e. The van der Waals surface area contributed by atoms with Gasteiger partial charge in [0.15, 0.2) is 5.78 Å². The number of rotatable bonds is 10. The second-order valence-electron chi connectivity index (χ2n) is 8.65. The average molecular weight is 432 g/mol. The van der Waals surface area contributed by atoms with E-state index in [0.29, 0.717) is 30.3 Å². The Morgan fingerprint density at radius 2 is 1.94 bits per heavy atom. The fourth-order valence-corrected chi connectivity index (χ4v) is 4.12. The number of halogens is 1. The van der Waals surface area contributed by atoms with Gasteiger partial charge in [-0.15, -0.1) is 5.10 Å². The van der Waals surface area contributed by atoms with Crippen molar-refractivity contribution in [2.75, 3.05) is 0 Å². The number of ketones is 1. The van der Waals surface area contributed by atoms with Crippen molar-refractivity contribution in [2.45, 2.75) is 78.7 Å². The Kier molecular flexibility index (Phi) is 7.34. The van der Waals surface area contributed by atoms with Crippen molar-refractivity contribution < 1.29 is 13.9 Å². The molecule has 1 unspecified atom stereocenters. The molecule has 0 aliphatic heterocycles. The van der Waals surface area contributed by atoms with E-state index in [9.17, 15) is 9.59 Å². The third-order valence-electron chi connectivity index (χ3n) is 6.72. The Morgan fingerprint density at radius 3 is 2.45 bits per heavy atom. The number of carbonyl (C=O) groups excluding carboxylic acids is 1. The molecule has 1 fully saturated rings. The Labute approximate surface area is 183 Å². The number of aryl methyl sites for hydroxylation is 1. The van der Waals surface area contributed by atoms with Gasteiger partial charge in [0.05, 0.1) is 11.7 Å². The minimum atomic E-state index is -0.653. The van der Waals surface area contributed by atoms with Crippen LogP contribution in [0.4, 0.5) is 4.39 Å². The summed E-state index contributed by atoms with van der Waals surface area (Å²) in [6.45, 7) is 7.99. The van der Waals surface area contributed by atoms with Crippen LogP contribution in [0.3, 0.4) is 0 Å². The Balaban J connectivity index is 2.05. The molecule has 1 aromatic carbocycles. The lowest BCUT2D eigenvalue weighted by molar-refractivity contribution is 0.0896. The van der Waals surface area contributed by atoms with Crippen LogP contribution in [0.2, 0.25) is 0 Å². The molecule has 31 heavy (non-hydrogen) atoms. The van der Waals surface area contributed by atoms with E-state index < -0.39 is 11.5 Å². The summed E-state index contributed by atoms with van der Waals surface area (Å²) in [6.07, 6.45) is 5.95. The highest BCUT2D eigenvalue weighted by atomic mass is 19.1. The normalized spacial score (nSPS) is 15.2. The van der Waals surface area contributed by atoms with E-state index in [1.165, 1.54) is 23.1 Å². The largest absolute Gasteiger partial charge is 0.490 e. The second kappa shape index (κ2) is 9.79. The molecule has 0 spiro atoms. The molecule has 1 atom stereocenters. The average Bonchev–Trinajstić information content (AvgIpc) is 2.99. The molecule has 1 aliphatic carbocycles. The van der Waals surface area contributed by atoms with Crippen molar-refractivity contribution in [1.82, 2.24) is 14.3 Å². The number of hydrogen-bond donors (Lipinski definition) is 0. The Bertz CT molecular complexity index is 987. The van der Waals surface area contributed by atoms with Crippen molar-refractivity contribution in [1.29, 1.82) is 0 Å². The van der Waals surface area contributed by atoms with E-state index >= 15 is 4.39 Å². The fourth-order valence-electron chi connectivity index (χ4n) is 4.12. The van der Waals surface area contributed by atoms with Crippen molar-refractivity contribution in [3.8, 4) is 11.4 Å². The Morgan fingerprint density at radius 1 is 1.26 bits per heavy atom. The first-order valence-electron chi connectivity index (χ1n) is 11.5. The van der Waals surface area contributed by atoms with E-state index in [1.807, 2.05) is 13.8 Å². The SMILES string of the molecule is CCc1nn(-c2cc(OC(C)C3CCC3)c(C(=O)CC(CC)CC)cc2F)c(=O)n1C. The minimum Gasteiger partial charge on any atom is -0.490 e. The van der Waals surface area contributed by atoms with Crippen molar-refractivity contribution in [3.05, 3.63) is 39.8 Å². The zero-order chi connectivity index (χ0) is 22.7. The van der Waals surface area contributed by atoms with Gasteiger partial charge >= 0.3 is 5.69 Å². The standard InChI is InChI=1S/C24H34FN3O3/c1-6-16(7-2)12-21(29)18-13-19(25)20(28-24(30)27(5)23(8-3)26-28)14-22(18)31-15(4)17-10-9-11-17/h13-17H,6-12H2,1-5H3. The van der Waals surface area contributed by atoms with Crippen LogP contribution in [0.5, 0.6) is 5.75 Å². The van der Waals surface area contributed by atoms with Crippen LogP contribution >= 0.6 is 0 Å². The number of aromatic nitrogens is 3. The molecule has 1 aliphatic rings. The van der Waals surface area contributed by atoms with Crippen LogP contribution < -0.4 is 10.4 Å². The third kappa shape index (κ3) is 4.75. The zero-order valence-corrected chi connectivity index (χ0v) is 19.3. The molecule has 0 radical (unpaired) electrons. The molecule has 0 bridgehead atoms. The van der Waals surface area contributed by atoms with E-state index in [4.69, 9.17) is 4.74 Å². The maximum absolute atomic E-state index is 15.2. The molecule has 3 rings (SSSR count). The quantitative estimate of drug-likeness (QED) is 0.505. The maximum Gasteiger partial charge on any atom is 0.350 e. The topological polar surface area (TPSA) is 66.1 Å². The molecule has 0 N–H and O–H groups in total. The van der Waals surface area contributed by atoms with Crippen LogP contribution in [0.25, 0.3) is 5.69 Å². The summed E-state index contributed by atoms with van der Waals surface area (Å²) in [5.74, 6) is 0.792. The number of carbonyl (C=O) groups is 1. The van der Waals surface area contributed by atoms with Crippen LogP contribution in [-0.4, -0.2) is 26.2 Å². The van der Waals surface area contributed by atoms with Gasteiger partial charge in [0.1, 0.15) is 23.1 Å². The monoisotopic (exact) mass is 431 g/mol. The summed E-state index contributed by atoms with van der Waals surface area (Å²) in [5, 5.41) is 4.28. The number of nitrogens with zero attached hydrogens (tertiary/aromatic N) is 3. The first-order chi connectivity index (χ1) is 14.8. The summed E-state index contributed by atoms with van der Waals surface area (Å²) in [4.78, 5) is 25.7. The number of Topliss-reactive ketones (excluding diaryl/α,β-unsaturated/α-hetero) is 1. The van der Waals surface area contributed by atoms with Gasteiger partial charge in [0.25, 0.3) is 0 Å². The predicted octanol–water partition coefficient (Wildman–Crippen LogP) is 4.85. The molecule has 1 saturated carbocycles. The Hall–Kier alpha value is -2.44. The first-order valence-corrected chi connectivity index (χ1v) is 11.5. The van der Waals surface area contributed by atoms with Gasteiger partial charge in [-0.2, -0.15) is 4.68 Å². The van der Waals surface area contributed by atoms with Gasteiger partial charge < -0.3 is 4.74 Å². The van der Waals surface area contributed by atoms with E-state index in [-0.39, 0.29) is 29.1 Å². The van der Waals surface area contributed by atoms with Crippen molar-refractivity contribution in [3.63, 3.8) is 0 Å². The molecule has 6 nitrogen and oxygen atoms in total. The van der Waals surface area contributed by atoms with Gasteiger partial charge in [0.2, 0.25) is 0 Å². The summed E-state index contributed by atoms with van der Waals surface area (Å²) in [6, 6.07) is 2.69. The highest BCUT2D eigenvalue weighted by Gasteiger charge is 2.28. The van der Waals surface area contributed by atoms with E-state index in [0.717, 1.165) is 30.4 Å². The van der Waals surface area contributed by atoms with Crippen LogP contribution in [0.15, 0.2) is 16.9 Å². The van der Waals surface area contributed by atoms with Gasteiger partial charge in [-0.1, -0.05) is 40.0 Å². The van der Waals surface area contributed by atoms with E-state index in [1.54, 1.807) is 7.05 Å². The lowest BCUT2D eigenvalue weighted by atomic mass is 9.81. The van der Waals surface area contributed by atoms with Crippen LogP contribution in [-0.2, 0) is 13.5 Å². The van der Waals surface area contributed by atoms with Gasteiger partial charge in [0, 0.05) is 26.0 Å². The molecule has 7 heteroatoms. The van der Waals surface area contributed by atoms with Crippen molar-refractivity contribution >= 4 is 5.78 Å². The summed E-state index contributed by atoms with van der Waals surface area (Å²) < 4.78 is 23.8. The molecular weight excluding hydrogens is 397 g/mol. The number of hydrogen-bond acceptors (Lipinski definition) is 4. The molecule has 1 aromatic heterocycles. The number of benzene rings is 1. The molecule has 0 saturated heterocycles. The third-order valence-corrected chi connectivity index (χ3v) is 6.72. The predicted molar refractivity (Wildman–Crippen MR) is 119 cm³/mol. The highest BCUT2D eigenvalue weighted by molar-refractivity contribution is 5.99. The first kappa shape index (κ1) is 23.2.